The normalized spacial score (nSPS) is 20.9. The van der Waals surface area contributed by atoms with E-state index in [1.54, 1.807) is 34.6 Å². The van der Waals surface area contributed by atoms with Crippen LogP contribution in [0, 0.1) is 24.6 Å². The number of carbonyl (C=O) groups is 2. The van der Waals surface area contributed by atoms with Crippen LogP contribution < -0.4 is 25.2 Å². The first-order valence-electron chi connectivity index (χ1n) is 30.2. The molecule has 5 aliphatic heterocycles. The summed E-state index contributed by atoms with van der Waals surface area (Å²) >= 11 is 1.62. The highest BCUT2D eigenvalue weighted by Crippen LogP contribution is 2.41. The van der Waals surface area contributed by atoms with Crippen molar-refractivity contribution in [2.75, 3.05) is 81.9 Å². The number of piperazine rings is 2. The molecule has 0 spiro atoms. The Morgan fingerprint density at radius 2 is 1.67 bits per heavy atom. The summed E-state index contributed by atoms with van der Waals surface area (Å²) in [6.07, 6.45) is 8.09. The van der Waals surface area contributed by atoms with Gasteiger partial charge in [-0.3, -0.25) is 24.4 Å². The quantitative estimate of drug-likeness (QED) is 0.0783. The van der Waals surface area contributed by atoms with Gasteiger partial charge in [-0.15, -0.1) is 11.3 Å². The second-order valence-electron chi connectivity index (χ2n) is 24.6. The highest BCUT2D eigenvalue weighted by molar-refractivity contribution is 7.13. The van der Waals surface area contributed by atoms with E-state index in [4.69, 9.17) is 24.2 Å². The number of anilines is 2. The standard InChI is InChI=1S/C64H79FN12O5S/c1-8-41-11-9-12-44-31-48(78)32-49(55(41)44)57-56(65)58-50(34-66-57)60(75-35-46-18-19-47(36-75)69-46)71-63(70-58)81-30-29-73-23-20-45(21-24-73)64(6,7)76-27-25-74(26-28-76)53-33-52(82-72-53)54(38(2)3)62(80)77-22-10-13-51(77)61(79)68-39(4)42-14-16-43(17-15-42)59-40(5)67-37-83-59/h9,11-12,14-17,31-34,37-39,45-47,51,54,69,78H,8,10,13,18-30,35-36H2,1-7H3,(H,68,79)/t39-,46?,47?,51-,54?/m0/s1. The Hall–Kier alpha value is -6.80. The number of aryl methyl sites for hydroxylation is 2. The van der Waals surface area contributed by atoms with E-state index in [9.17, 15) is 14.7 Å². The number of aromatic hydroxyl groups is 1. The average Bonchev–Trinajstić information content (AvgIpc) is 4.55. The van der Waals surface area contributed by atoms with Gasteiger partial charge in [0.15, 0.2) is 17.4 Å². The van der Waals surface area contributed by atoms with Gasteiger partial charge in [0.25, 0.3) is 0 Å². The number of nitrogens with zero attached hydrogens (tertiary/aromatic N) is 10. The molecule has 4 aromatic heterocycles. The number of benzene rings is 3. The lowest BCUT2D eigenvalue weighted by Gasteiger charge is -2.50. The Morgan fingerprint density at radius 3 is 2.39 bits per heavy atom. The Balaban J connectivity index is 0.648. The maximum absolute atomic E-state index is 17.2. The average molecular weight is 1150 g/mol. The molecule has 0 saturated carbocycles. The molecule has 0 radical (unpaired) electrons. The number of phenols is 1. The number of amides is 2. The van der Waals surface area contributed by atoms with Crippen LogP contribution in [0.5, 0.6) is 11.8 Å². The van der Waals surface area contributed by atoms with Crippen LogP contribution in [0.2, 0.25) is 0 Å². The highest BCUT2D eigenvalue weighted by Gasteiger charge is 2.43. The molecular weight excluding hydrogens is 1070 g/mol. The summed E-state index contributed by atoms with van der Waals surface area (Å²) in [5.74, 6) is 1.04. The number of aromatic nitrogens is 5. The van der Waals surface area contributed by atoms with E-state index in [1.807, 2.05) is 57.5 Å². The number of hydrogen-bond acceptors (Lipinski definition) is 16. The molecule has 5 atom stereocenters. The predicted molar refractivity (Wildman–Crippen MR) is 324 cm³/mol. The Kier molecular flexibility index (Phi) is 16.2. The fourth-order valence-corrected chi connectivity index (χ4v) is 14.9. The van der Waals surface area contributed by atoms with Crippen LogP contribution >= 0.6 is 11.3 Å². The molecule has 2 bridgehead atoms. The Labute approximate surface area is 490 Å². The largest absolute Gasteiger partial charge is 0.508 e. The van der Waals surface area contributed by atoms with E-state index in [-0.39, 0.29) is 52.3 Å². The molecule has 5 fully saturated rings. The van der Waals surface area contributed by atoms with E-state index in [0.717, 1.165) is 135 Å². The fourth-order valence-electron chi connectivity index (χ4n) is 14.0. The molecule has 19 heteroatoms. The molecule has 0 aliphatic carbocycles. The van der Waals surface area contributed by atoms with Gasteiger partial charge in [-0.25, -0.2) is 9.37 Å². The molecule has 7 aromatic rings. The lowest BCUT2D eigenvalue weighted by atomic mass is 9.78. The maximum Gasteiger partial charge on any atom is 0.319 e. The summed E-state index contributed by atoms with van der Waals surface area (Å²) in [5, 5.41) is 24.5. The second kappa shape index (κ2) is 23.7. The van der Waals surface area contributed by atoms with E-state index in [1.165, 1.54) is 0 Å². The first-order valence-corrected chi connectivity index (χ1v) is 31.0. The second-order valence-corrected chi connectivity index (χ2v) is 25.5. The molecule has 5 aliphatic rings. The summed E-state index contributed by atoms with van der Waals surface area (Å²) in [4.78, 5) is 59.7. The molecule has 5 saturated heterocycles. The minimum Gasteiger partial charge on any atom is -0.508 e. The number of fused-ring (bicyclic) bond motifs is 4. The van der Waals surface area contributed by atoms with Crippen LogP contribution in [0.25, 0.3) is 43.4 Å². The van der Waals surface area contributed by atoms with E-state index in [0.29, 0.717) is 66.6 Å². The number of halogens is 1. The van der Waals surface area contributed by atoms with Crippen molar-refractivity contribution in [3.63, 3.8) is 0 Å². The number of nitrogens with one attached hydrogen (secondary N) is 2. The van der Waals surface area contributed by atoms with Crippen LogP contribution in [-0.4, -0.2) is 152 Å². The van der Waals surface area contributed by atoms with E-state index < -0.39 is 17.8 Å². The SMILES string of the molecule is CCc1cccc2cc(O)cc(-c3ncc4c(N5CC6CCC(C5)N6)nc(OCCN5CCC(C(C)(C)N6CCN(c7cc(C(C(=O)N8CCC[C@H]8C(=O)N[C@@H](C)c8ccc(-c9scnc9C)cc8)C(C)C)on7)CC6)CC5)nc4c3F)c12. The third-order valence-corrected chi connectivity index (χ3v) is 19.8. The van der Waals surface area contributed by atoms with Gasteiger partial charge >= 0.3 is 6.01 Å². The van der Waals surface area contributed by atoms with Crippen molar-refractivity contribution in [1.82, 2.24) is 50.4 Å². The molecule has 17 nitrogen and oxygen atoms in total. The summed E-state index contributed by atoms with van der Waals surface area (Å²) in [6, 6.07) is 19.5. The number of ether oxygens (including phenoxy) is 1. The zero-order valence-corrected chi connectivity index (χ0v) is 49.9. The number of rotatable bonds is 17. The van der Waals surface area contributed by atoms with Gasteiger partial charge in [-0.1, -0.05) is 68.4 Å². The summed E-state index contributed by atoms with van der Waals surface area (Å²) in [6.45, 7) is 23.2. The maximum atomic E-state index is 17.2. The monoisotopic (exact) mass is 1150 g/mol. The number of phenolic OH excluding ortho intramolecular Hbond substituents is 1. The van der Waals surface area contributed by atoms with Gasteiger partial charge in [0.2, 0.25) is 11.8 Å². The lowest BCUT2D eigenvalue weighted by Crippen LogP contribution is -2.59. The van der Waals surface area contributed by atoms with Crippen molar-refractivity contribution in [2.24, 2.45) is 11.8 Å². The third kappa shape index (κ3) is 11.4. The minimum absolute atomic E-state index is 0.0272. The topological polar surface area (TPSA) is 181 Å². The van der Waals surface area contributed by atoms with Gasteiger partial charge in [-0.05, 0) is 137 Å². The van der Waals surface area contributed by atoms with Crippen molar-refractivity contribution in [1.29, 1.82) is 0 Å². The molecule has 9 heterocycles. The first-order chi connectivity index (χ1) is 40.1. The molecule has 2 amide bonds. The lowest BCUT2D eigenvalue weighted by molar-refractivity contribution is -0.141. The molecule has 3 unspecified atom stereocenters. The van der Waals surface area contributed by atoms with Crippen molar-refractivity contribution in [2.45, 2.75) is 129 Å². The van der Waals surface area contributed by atoms with E-state index >= 15 is 4.39 Å². The fraction of sp³-hybridized carbons (Fsp3) is 0.516. The predicted octanol–water partition coefficient (Wildman–Crippen LogP) is 9.91. The number of piperidine rings is 1. The molecule has 438 valence electrons. The molecule has 3 N–H and O–H groups in total. The van der Waals surface area contributed by atoms with Gasteiger partial charge in [0.05, 0.1) is 27.5 Å². The van der Waals surface area contributed by atoms with Crippen LogP contribution in [0.4, 0.5) is 16.0 Å². The summed E-state index contributed by atoms with van der Waals surface area (Å²) < 4.78 is 29.6. The van der Waals surface area contributed by atoms with Gasteiger partial charge in [-0.2, -0.15) is 9.97 Å². The van der Waals surface area contributed by atoms with Gasteiger partial charge < -0.3 is 39.7 Å². The zero-order chi connectivity index (χ0) is 57.7. The van der Waals surface area contributed by atoms with Crippen molar-refractivity contribution < 1.29 is 28.3 Å². The molecular formula is C64H79FN12O5S. The van der Waals surface area contributed by atoms with E-state index in [2.05, 4.69) is 85.4 Å². The number of pyridine rings is 1. The van der Waals surface area contributed by atoms with Crippen LogP contribution in [0.1, 0.15) is 115 Å². The first kappa shape index (κ1) is 56.7. The number of likely N-dealkylation sites (tertiary alicyclic amines) is 2. The minimum atomic E-state index is -0.565. The van der Waals surface area contributed by atoms with Crippen molar-refractivity contribution >= 4 is 56.5 Å². The Bertz CT molecular complexity index is 3470. The number of thiazole rings is 1. The summed E-state index contributed by atoms with van der Waals surface area (Å²) in [5.41, 5.74) is 6.82. The van der Waals surface area contributed by atoms with Gasteiger partial charge in [0, 0.05) is 87.8 Å². The highest BCUT2D eigenvalue weighted by atomic mass is 32.1. The summed E-state index contributed by atoms with van der Waals surface area (Å²) in [7, 11) is 0. The molecule has 3 aromatic carbocycles. The van der Waals surface area contributed by atoms with Crippen LogP contribution in [0.3, 0.4) is 0 Å². The molecule has 83 heavy (non-hydrogen) atoms. The smallest absolute Gasteiger partial charge is 0.319 e. The van der Waals surface area contributed by atoms with Gasteiger partial charge in [0.1, 0.15) is 41.3 Å². The van der Waals surface area contributed by atoms with Crippen LogP contribution in [-0.2, 0) is 16.0 Å². The van der Waals surface area contributed by atoms with Crippen molar-refractivity contribution in [3.05, 3.63) is 101 Å². The number of hydrogen-bond donors (Lipinski definition) is 3. The zero-order valence-electron chi connectivity index (χ0n) is 49.0. The van der Waals surface area contributed by atoms with Crippen LogP contribution in [0.15, 0.2) is 76.9 Å². The molecule has 12 rings (SSSR count). The Morgan fingerprint density at radius 1 is 0.916 bits per heavy atom. The number of carbonyl (C=O) groups excluding carboxylic acids is 2. The van der Waals surface area contributed by atoms with Crippen molar-refractivity contribution in [3.8, 4) is 33.5 Å². The third-order valence-electron chi connectivity index (χ3n) is 18.9.